The maximum absolute atomic E-state index is 14.1. The van der Waals surface area contributed by atoms with Crippen LogP contribution >= 0.6 is 0 Å². The van der Waals surface area contributed by atoms with Gasteiger partial charge in [0.15, 0.2) is 0 Å². The first kappa shape index (κ1) is 24.5. The molecule has 0 spiro atoms. The van der Waals surface area contributed by atoms with Crippen LogP contribution in [0.3, 0.4) is 0 Å². The molecule has 0 radical (unpaired) electrons. The highest BCUT2D eigenvalue weighted by atomic mass is 19.3. The Balaban J connectivity index is 2.04. The van der Waals surface area contributed by atoms with Gasteiger partial charge in [-0.15, -0.1) is 11.8 Å². The van der Waals surface area contributed by atoms with Gasteiger partial charge in [0.05, 0.1) is 24.8 Å². The van der Waals surface area contributed by atoms with Crippen LogP contribution in [0.1, 0.15) is 49.0 Å². The highest BCUT2D eigenvalue weighted by Crippen LogP contribution is 2.34. The van der Waals surface area contributed by atoms with Crippen LogP contribution in [-0.2, 0) is 16.0 Å². The van der Waals surface area contributed by atoms with Crippen molar-refractivity contribution in [1.82, 2.24) is 4.90 Å². The highest BCUT2D eigenvalue weighted by Gasteiger charge is 2.52. The number of amides is 1. The number of aliphatic hydroxyl groups is 1. The summed E-state index contributed by atoms with van der Waals surface area (Å²) < 4.78 is 32.8. The molecule has 1 N–H and O–H groups in total. The zero-order valence-corrected chi connectivity index (χ0v) is 18.1. The maximum atomic E-state index is 14.1. The van der Waals surface area contributed by atoms with Gasteiger partial charge in [0.25, 0.3) is 5.91 Å². The predicted molar refractivity (Wildman–Crippen MR) is 114 cm³/mol. The number of hydrogen-bond donors (Lipinski definition) is 1. The Hall–Kier alpha value is -2.72. The van der Waals surface area contributed by atoms with Crippen LogP contribution in [0.15, 0.2) is 36.4 Å². The molecule has 1 aromatic rings. The molecule has 31 heavy (non-hydrogen) atoms. The molecule has 1 amide bonds. The summed E-state index contributed by atoms with van der Waals surface area (Å²) in [4.78, 5) is 24.8. The number of rotatable bonds is 8. The van der Waals surface area contributed by atoms with Gasteiger partial charge < -0.3 is 14.7 Å². The summed E-state index contributed by atoms with van der Waals surface area (Å²) in [6, 6.07) is 5.81. The molecular formula is C24H29F2NO4. The van der Waals surface area contributed by atoms with E-state index >= 15 is 0 Å². The fourth-order valence-corrected chi connectivity index (χ4v) is 3.35. The Kier molecular flexibility index (Phi) is 8.76. The first-order valence-corrected chi connectivity index (χ1v) is 10.4. The minimum absolute atomic E-state index is 0.106. The van der Waals surface area contributed by atoms with E-state index in [1.54, 1.807) is 24.3 Å². The molecule has 1 unspecified atom stereocenters. The quantitative estimate of drug-likeness (QED) is 0.386. The fourth-order valence-electron chi connectivity index (χ4n) is 3.35. The summed E-state index contributed by atoms with van der Waals surface area (Å²) in [5.41, 5.74) is 1.20. The van der Waals surface area contributed by atoms with E-state index in [-0.39, 0.29) is 12.5 Å². The maximum Gasteiger partial charge on any atom is 0.337 e. The van der Waals surface area contributed by atoms with Crippen LogP contribution in [0.5, 0.6) is 0 Å². The summed E-state index contributed by atoms with van der Waals surface area (Å²) in [7, 11) is 1.29. The fraction of sp³-hybridized carbons (Fsp3) is 0.500. The number of ether oxygens (including phenoxy) is 1. The lowest BCUT2D eigenvalue weighted by molar-refractivity contribution is -0.148. The third-order valence-electron chi connectivity index (χ3n) is 5.30. The number of aliphatic hydroxyl groups excluding tert-OH is 1. The number of carbonyl (C=O) groups is 2. The van der Waals surface area contributed by atoms with Crippen LogP contribution in [-0.4, -0.2) is 53.6 Å². The third kappa shape index (κ3) is 6.63. The van der Waals surface area contributed by atoms with Gasteiger partial charge in [-0.2, -0.15) is 8.78 Å². The standard InChI is InChI=1S/C24H29F2NO4/c1-4-5-6-7-17(2)21(28)13-12-20-16-24(25,26)23(30)27(20)15-14-18-8-10-19(11-9-18)22(29)31-3/h8-13,17,20-21,28H,4,7,14-16H2,1-3H3/t17?,20-,21+/m0/s1. The van der Waals surface area contributed by atoms with Crippen molar-refractivity contribution in [3.05, 3.63) is 47.5 Å². The largest absolute Gasteiger partial charge is 0.465 e. The Morgan fingerprint density at radius 2 is 2.03 bits per heavy atom. The van der Waals surface area contributed by atoms with Crippen molar-refractivity contribution in [3.63, 3.8) is 0 Å². The predicted octanol–water partition coefficient (Wildman–Crippen LogP) is 3.61. The van der Waals surface area contributed by atoms with Gasteiger partial charge in [0.1, 0.15) is 0 Å². The van der Waals surface area contributed by atoms with Crippen LogP contribution in [0.25, 0.3) is 0 Å². The molecule has 0 bridgehead atoms. The van der Waals surface area contributed by atoms with Crippen molar-refractivity contribution in [2.75, 3.05) is 13.7 Å². The van der Waals surface area contributed by atoms with Crippen LogP contribution in [0.2, 0.25) is 0 Å². The summed E-state index contributed by atoms with van der Waals surface area (Å²) in [6.45, 7) is 3.88. The second-order valence-corrected chi connectivity index (χ2v) is 7.68. The van der Waals surface area contributed by atoms with Gasteiger partial charge in [-0.25, -0.2) is 4.79 Å². The first-order valence-electron chi connectivity index (χ1n) is 10.4. The molecule has 1 saturated heterocycles. The van der Waals surface area contributed by atoms with E-state index in [1.807, 2.05) is 13.8 Å². The Bertz CT molecular complexity index is 855. The van der Waals surface area contributed by atoms with E-state index in [9.17, 15) is 23.5 Å². The number of hydrogen-bond acceptors (Lipinski definition) is 4. The summed E-state index contributed by atoms with van der Waals surface area (Å²) in [6.07, 6.45) is 3.13. The molecule has 0 saturated carbocycles. The molecule has 0 aliphatic carbocycles. The normalized spacial score (nSPS) is 19.7. The number of benzene rings is 1. The van der Waals surface area contributed by atoms with E-state index in [0.29, 0.717) is 18.4 Å². The lowest BCUT2D eigenvalue weighted by Crippen LogP contribution is -2.37. The van der Waals surface area contributed by atoms with Crippen molar-refractivity contribution in [2.24, 2.45) is 5.92 Å². The summed E-state index contributed by atoms with van der Waals surface area (Å²) >= 11 is 0. The van der Waals surface area contributed by atoms with E-state index in [2.05, 4.69) is 16.6 Å². The van der Waals surface area contributed by atoms with E-state index in [0.717, 1.165) is 16.9 Å². The molecule has 2 rings (SSSR count). The molecule has 168 valence electrons. The van der Waals surface area contributed by atoms with Crippen molar-refractivity contribution in [2.45, 2.75) is 57.6 Å². The SMILES string of the molecule is CCC#CCC(C)[C@H](O)C=C[C@H]1CC(F)(F)C(=O)N1CCc1ccc(C(=O)OC)cc1. The van der Waals surface area contributed by atoms with Crippen molar-refractivity contribution in [3.8, 4) is 11.8 Å². The topological polar surface area (TPSA) is 66.8 Å². The smallest absolute Gasteiger partial charge is 0.337 e. The molecule has 1 heterocycles. The van der Waals surface area contributed by atoms with Crippen molar-refractivity contribution in [1.29, 1.82) is 0 Å². The second kappa shape index (κ2) is 11.1. The molecule has 1 aliphatic heterocycles. The molecule has 0 aromatic heterocycles. The number of likely N-dealkylation sites (tertiary alicyclic amines) is 1. The van der Waals surface area contributed by atoms with Gasteiger partial charge in [0.2, 0.25) is 0 Å². The number of nitrogens with zero attached hydrogens (tertiary/aromatic N) is 1. The first-order chi connectivity index (χ1) is 14.7. The van der Waals surface area contributed by atoms with E-state index < -0.39 is 36.4 Å². The molecule has 5 nitrogen and oxygen atoms in total. The highest BCUT2D eigenvalue weighted by molar-refractivity contribution is 5.89. The number of alkyl halides is 2. The number of carbonyl (C=O) groups excluding carboxylic acids is 2. The third-order valence-corrected chi connectivity index (χ3v) is 5.30. The second-order valence-electron chi connectivity index (χ2n) is 7.68. The Labute approximate surface area is 182 Å². The summed E-state index contributed by atoms with van der Waals surface area (Å²) in [5.74, 6) is 0.675. The number of methoxy groups -OCH3 is 1. The monoisotopic (exact) mass is 433 g/mol. The van der Waals surface area contributed by atoms with E-state index in [4.69, 9.17) is 0 Å². The molecule has 7 heteroatoms. The van der Waals surface area contributed by atoms with E-state index in [1.165, 1.54) is 19.3 Å². The van der Waals surface area contributed by atoms with Gasteiger partial charge >= 0.3 is 11.9 Å². The molecule has 1 fully saturated rings. The Morgan fingerprint density at radius 3 is 2.65 bits per heavy atom. The average molecular weight is 433 g/mol. The minimum atomic E-state index is -3.42. The Morgan fingerprint density at radius 1 is 1.35 bits per heavy atom. The van der Waals surface area contributed by atoms with Crippen LogP contribution in [0.4, 0.5) is 8.78 Å². The lowest BCUT2D eigenvalue weighted by atomic mass is 9.99. The minimum Gasteiger partial charge on any atom is -0.465 e. The lowest BCUT2D eigenvalue weighted by Gasteiger charge is -2.22. The van der Waals surface area contributed by atoms with Crippen LogP contribution < -0.4 is 0 Å². The van der Waals surface area contributed by atoms with Gasteiger partial charge in [-0.3, -0.25) is 4.79 Å². The molecular weight excluding hydrogens is 404 g/mol. The van der Waals surface area contributed by atoms with Gasteiger partial charge in [-0.1, -0.05) is 38.1 Å². The van der Waals surface area contributed by atoms with Crippen molar-refractivity contribution >= 4 is 11.9 Å². The zero-order chi connectivity index (χ0) is 23.0. The number of halogens is 2. The molecule has 1 aromatic carbocycles. The van der Waals surface area contributed by atoms with Gasteiger partial charge in [-0.05, 0) is 30.0 Å². The van der Waals surface area contributed by atoms with Gasteiger partial charge in [0, 0.05) is 25.8 Å². The number of esters is 1. The zero-order valence-electron chi connectivity index (χ0n) is 18.1. The molecule has 3 atom stereocenters. The van der Waals surface area contributed by atoms with Crippen molar-refractivity contribution < 1.29 is 28.2 Å². The molecule has 1 aliphatic rings. The van der Waals surface area contributed by atoms with Crippen LogP contribution in [0, 0.1) is 17.8 Å². The summed E-state index contributed by atoms with van der Waals surface area (Å²) in [5, 5.41) is 10.3. The average Bonchev–Trinajstić information content (AvgIpc) is 2.98.